The Kier molecular flexibility index (Phi) is 2.76. The van der Waals surface area contributed by atoms with Gasteiger partial charge in [-0.2, -0.15) is 0 Å². The van der Waals surface area contributed by atoms with E-state index in [1.54, 1.807) is 20.2 Å². The number of hydrazine groups is 1. The molecule has 0 bridgehead atoms. The van der Waals surface area contributed by atoms with Crippen LogP contribution in [0.3, 0.4) is 0 Å². The van der Waals surface area contributed by atoms with E-state index in [9.17, 15) is 9.59 Å². The van der Waals surface area contributed by atoms with E-state index in [0.29, 0.717) is 11.5 Å². The minimum absolute atomic E-state index is 0.253. The van der Waals surface area contributed by atoms with Crippen molar-refractivity contribution in [1.82, 2.24) is 9.55 Å². The van der Waals surface area contributed by atoms with Gasteiger partial charge in [0.05, 0.1) is 5.39 Å². The van der Waals surface area contributed by atoms with E-state index in [1.165, 1.54) is 21.8 Å². The van der Waals surface area contributed by atoms with E-state index in [1.807, 2.05) is 0 Å². The van der Waals surface area contributed by atoms with Crippen LogP contribution in [0.5, 0.6) is 0 Å². The molecular weight excluding hydrogens is 236 g/mol. The molecule has 94 valence electrons. The highest BCUT2D eigenvalue weighted by Gasteiger charge is 2.14. The van der Waals surface area contributed by atoms with Gasteiger partial charge in [-0.05, 0) is 12.1 Å². The summed E-state index contributed by atoms with van der Waals surface area (Å²) < 4.78 is 1.49. The van der Waals surface area contributed by atoms with Crippen molar-refractivity contribution in [2.45, 2.75) is 0 Å². The molecule has 0 saturated carbocycles. The highest BCUT2D eigenvalue weighted by Crippen LogP contribution is 2.13. The van der Waals surface area contributed by atoms with Crippen LogP contribution in [0.25, 0.3) is 11.0 Å². The van der Waals surface area contributed by atoms with E-state index in [2.05, 4.69) is 4.98 Å². The Hall–Kier alpha value is -2.41. The van der Waals surface area contributed by atoms with Gasteiger partial charge in [0, 0.05) is 20.3 Å². The Morgan fingerprint density at radius 2 is 2.17 bits per heavy atom. The molecule has 2 aromatic heterocycles. The van der Waals surface area contributed by atoms with Gasteiger partial charge in [-0.3, -0.25) is 9.80 Å². The summed E-state index contributed by atoms with van der Waals surface area (Å²) in [5.74, 6) is 4.79. The lowest BCUT2D eigenvalue weighted by Gasteiger charge is -2.12. The predicted molar refractivity (Wildman–Crippen MR) is 66.5 cm³/mol. The average Bonchev–Trinajstić information content (AvgIpc) is 2.32. The van der Waals surface area contributed by atoms with E-state index >= 15 is 0 Å². The lowest BCUT2D eigenvalue weighted by Crippen LogP contribution is -2.26. The van der Waals surface area contributed by atoms with Gasteiger partial charge in [0.15, 0.2) is 0 Å². The Morgan fingerprint density at radius 1 is 1.50 bits per heavy atom. The molecule has 0 atom stereocenters. The number of nitrogens with zero attached hydrogens (tertiary/aromatic N) is 3. The molecule has 2 aromatic rings. The molecule has 0 aromatic carbocycles. The second kappa shape index (κ2) is 4.11. The Balaban J connectivity index is 2.84. The number of aryl methyl sites for hydroxylation is 1. The molecule has 0 aliphatic carbocycles. The van der Waals surface area contributed by atoms with Crippen LogP contribution in [0.15, 0.2) is 23.1 Å². The summed E-state index contributed by atoms with van der Waals surface area (Å²) in [5, 5.41) is 10.5. The largest absolute Gasteiger partial charge is 0.477 e. The first-order chi connectivity index (χ1) is 8.41. The molecule has 2 heterocycles. The summed E-state index contributed by atoms with van der Waals surface area (Å²) in [4.78, 5) is 27.1. The third-order valence-electron chi connectivity index (χ3n) is 2.60. The third kappa shape index (κ3) is 1.80. The second-order valence-electron chi connectivity index (χ2n) is 3.94. The molecule has 0 aliphatic rings. The number of anilines is 1. The van der Waals surface area contributed by atoms with Crippen molar-refractivity contribution in [2.75, 3.05) is 12.1 Å². The molecular formula is C11H12N4O3. The van der Waals surface area contributed by atoms with Crippen LogP contribution >= 0.6 is 0 Å². The molecule has 0 fully saturated rings. The van der Waals surface area contributed by atoms with Gasteiger partial charge >= 0.3 is 5.97 Å². The van der Waals surface area contributed by atoms with Crippen LogP contribution in [0.1, 0.15) is 10.4 Å². The number of pyridine rings is 2. The number of carboxylic acid groups (broad SMARTS) is 1. The number of hydrogen-bond donors (Lipinski definition) is 2. The molecule has 0 aliphatic heterocycles. The number of rotatable bonds is 2. The van der Waals surface area contributed by atoms with E-state index in [4.69, 9.17) is 10.9 Å². The van der Waals surface area contributed by atoms with E-state index < -0.39 is 11.4 Å². The van der Waals surface area contributed by atoms with Crippen LogP contribution in [0, 0.1) is 0 Å². The highest BCUT2D eigenvalue weighted by molar-refractivity contribution is 5.91. The molecule has 3 N–H and O–H groups in total. The van der Waals surface area contributed by atoms with Gasteiger partial charge in [-0.25, -0.2) is 15.6 Å². The zero-order valence-corrected chi connectivity index (χ0v) is 9.91. The van der Waals surface area contributed by atoms with Crippen LogP contribution in [0.2, 0.25) is 0 Å². The normalized spacial score (nSPS) is 10.6. The lowest BCUT2D eigenvalue weighted by molar-refractivity contribution is 0.0695. The van der Waals surface area contributed by atoms with Gasteiger partial charge in [0.1, 0.15) is 17.0 Å². The number of nitrogens with two attached hydrogens (primary N) is 1. The minimum Gasteiger partial charge on any atom is -0.477 e. The first-order valence-electron chi connectivity index (χ1n) is 5.14. The number of aromatic nitrogens is 2. The van der Waals surface area contributed by atoms with Crippen molar-refractivity contribution >= 4 is 22.8 Å². The molecule has 0 unspecified atom stereocenters. The molecule has 18 heavy (non-hydrogen) atoms. The number of carboxylic acids is 1. The fraction of sp³-hybridized carbons (Fsp3) is 0.182. The number of carbonyl (C=O) groups is 1. The van der Waals surface area contributed by atoms with E-state index in [0.717, 1.165) is 0 Å². The van der Waals surface area contributed by atoms with E-state index in [-0.39, 0.29) is 10.9 Å². The molecule has 0 radical (unpaired) electrons. The van der Waals surface area contributed by atoms with Crippen molar-refractivity contribution in [1.29, 1.82) is 0 Å². The summed E-state index contributed by atoms with van der Waals surface area (Å²) in [6, 6.07) is 3.09. The Bertz CT molecular complexity index is 690. The summed E-state index contributed by atoms with van der Waals surface area (Å²) in [7, 11) is 3.25. The third-order valence-corrected chi connectivity index (χ3v) is 2.60. The van der Waals surface area contributed by atoms with Crippen molar-refractivity contribution in [2.24, 2.45) is 12.9 Å². The summed E-state index contributed by atoms with van der Waals surface area (Å²) in [6.45, 7) is 0. The summed E-state index contributed by atoms with van der Waals surface area (Å²) in [5.41, 5.74) is -0.435. The van der Waals surface area contributed by atoms with Crippen LogP contribution in [0.4, 0.5) is 5.82 Å². The summed E-state index contributed by atoms with van der Waals surface area (Å²) in [6.07, 6.45) is 1.25. The van der Waals surface area contributed by atoms with Crippen LogP contribution in [-0.4, -0.2) is 27.7 Å². The maximum absolute atomic E-state index is 11.9. The minimum atomic E-state index is -1.25. The first-order valence-corrected chi connectivity index (χ1v) is 5.14. The first kappa shape index (κ1) is 12.1. The SMILES string of the molecule is CN(N)c1ccc2c(=O)c(C(=O)O)cn(C)c2n1. The zero-order chi connectivity index (χ0) is 13.4. The maximum Gasteiger partial charge on any atom is 0.341 e. The Morgan fingerprint density at radius 3 is 2.72 bits per heavy atom. The maximum atomic E-state index is 11.9. The molecule has 2 rings (SSSR count). The van der Waals surface area contributed by atoms with Crippen molar-refractivity contribution in [3.8, 4) is 0 Å². The monoisotopic (exact) mass is 248 g/mol. The zero-order valence-electron chi connectivity index (χ0n) is 9.91. The van der Waals surface area contributed by atoms with Crippen LogP contribution < -0.4 is 16.3 Å². The van der Waals surface area contributed by atoms with Crippen LogP contribution in [-0.2, 0) is 7.05 Å². The van der Waals surface area contributed by atoms with Gasteiger partial charge < -0.3 is 9.67 Å². The Labute approximate surface area is 102 Å². The topological polar surface area (TPSA) is 101 Å². The number of aromatic carboxylic acids is 1. The second-order valence-corrected chi connectivity index (χ2v) is 3.94. The average molecular weight is 248 g/mol. The van der Waals surface area contributed by atoms with Gasteiger partial charge in [-0.1, -0.05) is 0 Å². The molecule has 0 saturated heterocycles. The smallest absolute Gasteiger partial charge is 0.341 e. The van der Waals surface area contributed by atoms with Crippen molar-refractivity contribution in [3.63, 3.8) is 0 Å². The standard InChI is InChI=1S/C11H12N4O3/c1-14-5-7(11(17)18)9(16)6-3-4-8(15(2)12)13-10(6)14/h3-5H,12H2,1-2H3,(H,17,18). The van der Waals surface area contributed by atoms with Gasteiger partial charge in [0.2, 0.25) is 5.43 Å². The van der Waals surface area contributed by atoms with Crippen molar-refractivity contribution < 1.29 is 9.90 Å². The highest BCUT2D eigenvalue weighted by atomic mass is 16.4. The van der Waals surface area contributed by atoms with Crippen molar-refractivity contribution in [3.05, 3.63) is 34.1 Å². The summed E-state index contributed by atoms with van der Waals surface area (Å²) >= 11 is 0. The number of fused-ring (bicyclic) bond motifs is 1. The molecule has 7 heteroatoms. The predicted octanol–water partition coefficient (Wildman–Crippen LogP) is -0.0584. The van der Waals surface area contributed by atoms with Gasteiger partial charge in [0.25, 0.3) is 0 Å². The number of hydrogen-bond acceptors (Lipinski definition) is 5. The molecule has 7 nitrogen and oxygen atoms in total. The molecule has 0 spiro atoms. The fourth-order valence-electron chi connectivity index (χ4n) is 1.69. The molecule has 0 amide bonds. The fourth-order valence-corrected chi connectivity index (χ4v) is 1.69. The van der Waals surface area contributed by atoms with Gasteiger partial charge in [-0.15, -0.1) is 0 Å². The quantitative estimate of drug-likeness (QED) is 0.570. The lowest BCUT2D eigenvalue weighted by atomic mass is 10.2.